The number of nitrogens with one attached hydrogen (secondary N) is 2. The third-order valence-electron chi connectivity index (χ3n) is 3.43. The van der Waals surface area contributed by atoms with Gasteiger partial charge in [-0.25, -0.2) is 0 Å². The first kappa shape index (κ1) is 17.5. The van der Waals surface area contributed by atoms with Gasteiger partial charge in [0.25, 0.3) is 0 Å². The van der Waals surface area contributed by atoms with E-state index < -0.39 is 18.3 Å². The van der Waals surface area contributed by atoms with Crippen molar-refractivity contribution in [3.63, 3.8) is 0 Å². The maximum atomic E-state index is 12.7. The Morgan fingerprint density at radius 3 is 2.61 bits per heavy atom. The van der Waals surface area contributed by atoms with E-state index in [2.05, 4.69) is 25.6 Å². The second kappa shape index (κ2) is 7.12. The molecule has 128 valence electrons. The van der Waals surface area contributed by atoms with E-state index in [1.165, 1.54) is 0 Å². The summed E-state index contributed by atoms with van der Waals surface area (Å²) in [7, 11) is 0. The van der Waals surface area contributed by atoms with Crippen LogP contribution < -0.4 is 10.6 Å². The number of nitrogens with zero attached hydrogens (tertiary/aromatic N) is 3. The van der Waals surface area contributed by atoms with Crippen molar-refractivity contribution in [2.75, 3.05) is 17.2 Å². The van der Waals surface area contributed by atoms with Gasteiger partial charge in [-0.15, -0.1) is 0 Å². The zero-order valence-corrected chi connectivity index (χ0v) is 13.0. The number of allylic oxidation sites excluding steroid dienone is 1. The van der Waals surface area contributed by atoms with Crippen molar-refractivity contribution in [2.45, 2.75) is 51.4 Å². The quantitative estimate of drug-likeness (QED) is 0.769. The summed E-state index contributed by atoms with van der Waals surface area (Å²) < 4.78 is 38.1. The Hall–Kier alpha value is -1.90. The van der Waals surface area contributed by atoms with E-state index in [0.29, 0.717) is 25.0 Å². The average molecular weight is 331 g/mol. The van der Waals surface area contributed by atoms with Gasteiger partial charge in [0.05, 0.1) is 6.10 Å². The van der Waals surface area contributed by atoms with Crippen LogP contribution in [0.25, 0.3) is 5.57 Å². The molecule has 6 nitrogen and oxygen atoms in total. The molecule has 1 aromatic rings. The van der Waals surface area contributed by atoms with Gasteiger partial charge in [-0.2, -0.15) is 28.1 Å². The number of rotatable bonds is 5. The molecule has 3 N–H and O–H groups in total. The highest BCUT2D eigenvalue weighted by molar-refractivity contribution is 5.63. The van der Waals surface area contributed by atoms with E-state index in [1.807, 2.05) is 6.92 Å². The number of aliphatic hydroxyl groups is 1. The predicted octanol–water partition coefficient (Wildman–Crippen LogP) is 2.59. The van der Waals surface area contributed by atoms with Crippen LogP contribution in [0.15, 0.2) is 6.08 Å². The second-order valence-electron chi connectivity index (χ2n) is 5.40. The van der Waals surface area contributed by atoms with E-state index in [9.17, 15) is 18.3 Å². The molecule has 1 unspecified atom stereocenters. The molecule has 1 aliphatic rings. The third-order valence-corrected chi connectivity index (χ3v) is 3.43. The number of alkyl halides is 3. The monoisotopic (exact) mass is 331 g/mol. The molecule has 0 aliphatic heterocycles. The molecule has 23 heavy (non-hydrogen) atoms. The van der Waals surface area contributed by atoms with Crippen LogP contribution in [0.5, 0.6) is 0 Å². The molecule has 1 aromatic heterocycles. The van der Waals surface area contributed by atoms with Gasteiger partial charge < -0.3 is 15.7 Å². The van der Waals surface area contributed by atoms with Crippen LogP contribution in [-0.2, 0) is 0 Å². The largest absolute Gasteiger partial charge is 0.408 e. The Morgan fingerprint density at radius 2 is 2.00 bits per heavy atom. The zero-order chi connectivity index (χ0) is 17.0. The van der Waals surface area contributed by atoms with Crippen molar-refractivity contribution >= 4 is 17.5 Å². The van der Waals surface area contributed by atoms with Gasteiger partial charge >= 0.3 is 6.18 Å². The van der Waals surface area contributed by atoms with Crippen molar-refractivity contribution < 1.29 is 18.3 Å². The summed E-state index contributed by atoms with van der Waals surface area (Å²) in [4.78, 5) is 12.2. The highest BCUT2D eigenvalue weighted by Gasteiger charge is 2.36. The number of hydrogen-bond donors (Lipinski definition) is 3. The van der Waals surface area contributed by atoms with Crippen LogP contribution in [0.1, 0.15) is 38.9 Å². The first-order valence-electron chi connectivity index (χ1n) is 7.52. The van der Waals surface area contributed by atoms with Gasteiger partial charge in [-0.05, 0) is 44.8 Å². The van der Waals surface area contributed by atoms with Gasteiger partial charge in [0.1, 0.15) is 6.04 Å². The number of anilines is 2. The molecule has 2 rings (SSSR count). The van der Waals surface area contributed by atoms with Crippen LogP contribution in [-0.4, -0.2) is 44.9 Å². The standard InChI is InChI=1S/C14H20F3N5O/c1-3-18-12-20-11(9-5-4-6-10(23)7-9)21-13(22-12)19-8(2)14(15,16)17/h7-8,10,23H,3-6H2,1-2H3,(H2,18,19,20,21,22)/t8-,10?/m1/s1. The maximum Gasteiger partial charge on any atom is 0.408 e. The van der Waals surface area contributed by atoms with Crippen molar-refractivity contribution in [1.29, 1.82) is 0 Å². The maximum absolute atomic E-state index is 12.7. The van der Waals surface area contributed by atoms with E-state index in [0.717, 1.165) is 13.3 Å². The van der Waals surface area contributed by atoms with Crippen LogP contribution in [0.3, 0.4) is 0 Å². The van der Waals surface area contributed by atoms with Gasteiger partial charge in [-0.3, -0.25) is 0 Å². The minimum atomic E-state index is -4.40. The molecular weight excluding hydrogens is 311 g/mol. The third kappa shape index (κ3) is 4.78. The molecule has 0 saturated carbocycles. The van der Waals surface area contributed by atoms with E-state index in [1.54, 1.807) is 6.08 Å². The summed E-state index contributed by atoms with van der Waals surface area (Å²) in [5.41, 5.74) is 0.716. The number of hydrogen-bond acceptors (Lipinski definition) is 6. The fourth-order valence-corrected chi connectivity index (χ4v) is 2.18. The lowest BCUT2D eigenvalue weighted by Crippen LogP contribution is -2.34. The topological polar surface area (TPSA) is 83.0 Å². The lowest BCUT2D eigenvalue weighted by molar-refractivity contribution is -0.138. The first-order valence-corrected chi connectivity index (χ1v) is 7.52. The van der Waals surface area contributed by atoms with Gasteiger partial charge in [-0.1, -0.05) is 0 Å². The molecule has 0 amide bonds. The van der Waals surface area contributed by atoms with Crippen LogP contribution in [0.4, 0.5) is 25.1 Å². The summed E-state index contributed by atoms with van der Waals surface area (Å²) in [6, 6.07) is -1.78. The molecule has 2 atom stereocenters. The molecule has 0 aromatic carbocycles. The second-order valence-corrected chi connectivity index (χ2v) is 5.40. The summed E-state index contributed by atoms with van der Waals surface area (Å²) >= 11 is 0. The Morgan fingerprint density at radius 1 is 1.30 bits per heavy atom. The summed E-state index contributed by atoms with van der Waals surface area (Å²) in [5.74, 6) is 0.346. The SMILES string of the molecule is CCNc1nc(N[C@H](C)C(F)(F)F)nc(C2=CC(O)CCC2)n1. The molecule has 9 heteroatoms. The molecule has 0 bridgehead atoms. The molecular formula is C14H20F3N5O. The minimum Gasteiger partial charge on any atom is -0.389 e. The highest BCUT2D eigenvalue weighted by atomic mass is 19.4. The Kier molecular flexibility index (Phi) is 5.40. The van der Waals surface area contributed by atoms with Crippen LogP contribution in [0.2, 0.25) is 0 Å². The predicted molar refractivity (Wildman–Crippen MR) is 81.0 cm³/mol. The zero-order valence-electron chi connectivity index (χ0n) is 13.0. The smallest absolute Gasteiger partial charge is 0.389 e. The summed E-state index contributed by atoms with van der Waals surface area (Å²) in [6.45, 7) is 3.36. The molecule has 1 heterocycles. The molecule has 0 saturated heterocycles. The summed E-state index contributed by atoms with van der Waals surface area (Å²) in [5, 5.41) is 14.8. The number of aliphatic hydroxyl groups excluding tert-OH is 1. The van der Waals surface area contributed by atoms with Crippen molar-refractivity contribution in [2.24, 2.45) is 0 Å². The molecule has 0 fully saturated rings. The van der Waals surface area contributed by atoms with E-state index in [4.69, 9.17) is 0 Å². The first-order chi connectivity index (χ1) is 10.8. The normalized spacial score (nSPS) is 19.9. The number of halogens is 3. The number of aromatic nitrogens is 3. The molecule has 1 aliphatic carbocycles. The van der Waals surface area contributed by atoms with E-state index >= 15 is 0 Å². The molecule has 0 spiro atoms. The molecule has 0 radical (unpaired) electrons. The lowest BCUT2D eigenvalue weighted by atomic mass is 9.97. The summed E-state index contributed by atoms with van der Waals surface area (Å²) in [6.07, 6.45) is -1.23. The van der Waals surface area contributed by atoms with Crippen LogP contribution >= 0.6 is 0 Å². The fourth-order valence-electron chi connectivity index (χ4n) is 2.18. The van der Waals surface area contributed by atoms with Crippen molar-refractivity contribution in [3.8, 4) is 0 Å². The van der Waals surface area contributed by atoms with Gasteiger partial charge in [0.2, 0.25) is 11.9 Å². The van der Waals surface area contributed by atoms with Crippen molar-refractivity contribution in [3.05, 3.63) is 11.9 Å². The Labute approximate surface area is 132 Å². The highest BCUT2D eigenvalue weighted by Crippen LogP contribution is 2.27. The average Bonchev–Trinajstić information content (AvgIpc) is 2.46. The Bertz CT molecular complexity index is 576. The van der Waals surface area contributed by atoms with Crippen LogP contribution in [0, 0.1) is 0 Å². The lowest BCUT2D eigenvalue weighted by Gasteiger charge is -2.19. The van der Waals surface area contributed by atoms with Crippen molar-refractivity contribution in [1.82, 2.24) is 15.0 Å². The van der Waals surface area contributed by atoms with E-state index in [-0.39, 0.29) is 17.7 Å². The Balaban J connectivity index is 2.32. The fraction of sp³-hybridized carbons (Fsp3) is 0.643. The van der Waals surface area contributed by atoms with Gasteiger partial charge in [0.15, 0.2) is 5.82 Å². The van der Waals surface area contributed by atoms with Gasteiger partial charge in [0, 0.05) is 6.54 Å². The minimum absolute atomic E-state index is 0.142.